The highest BCUT2D eigenvalue weighted by Crippen LogP contribution is 2.28. The van der Waals surface area contributed by atoms with Crippen LogP contribution in [-0.4, -0.2) is 4.57 Å². The summed E-state index contributed by atoms with van der Waals surface area (Å²) < 4.78 is 2.31. The summed E-state index contributed by atoms with van der Waals surface area (Å²) in [4.78, 5) is 0. The SMILES string of the molecule is Cc1ccc(-c2ccccc2)n1-c1ccc(-c2ccccc2)cc1. The molecule has 0 N–H and O–H groups in total. The van der Waals surface area contributed by atoms with Crippen LogP contribution in [0.5, 0.6) is 0 Å². The molecule has 0 saturated carbocycles. The molecule has 0 unspecified atom stereocenters. The van der Waals surface area contributed by atoms with E-state index in [9.17, 15) is 0 Å². The number of rotatable bonds is 3. The minimum atomic E-state index is 1.19. The van der Waals surface area contributed by atoms with E-state index in [1.54, 1.807) is 0 Å². The first-order chi connectivity index (χ1) is 11.8. The molecule has 0 amide bonds. The normalized spacial score (nSPS) is 10.7. The quantitative estimate of drug-likeness (QED) is 0.429. The van der Waals surface area contributed by atoms with Gasteiger partial charge in [0.05, 0.1) is 5.69 Å². The molecule has 3 aromatic carbocycles. The molecular weight excluding hydrogens is 290 g/mol. The average molecular weight is 309 g/mol. The van der Waals surface area contributed by atoms with Gasteiger partial charge in [0.15, 0.2) is 0 Å². The van der Waals surface area contributed by atoms with Crippen LogP contribution >= 0.6 is 0 Å². The first kappa shape index (κ1) is 14.5. The van der Waals surface area contributed by atoms with E-state index in [2.05, 4.69) is 102 Å². The largest absolute Gasteiger partial charge is 0.314 e. The highest BCUT2D eigenvalue weighted by atomic mass is 15.0. The zero-order valence-electron chi connectivity index (χ0n) is 13.7. The van der Waals surface area contributed by atoms with Crippen molar-refractivity contribution in [1.29, 1.82) is 0 Å². The van der Waals surface area contributed by atoms with Crippen LogP contribution in [-0.2, 0) is 0 Å². The Morgan fingerprint density at radius 2 is 1.04 bits per heavy atom. The van der Waals surface area contributed by atoms with Crippen molar-refractivity contribution in [1.82, 2.24) is 4.57 Å². The summed E-state index contributed by atoms with van der Waals surface area (Å²) in [6.07, 6.45) is 0. The van der Waals surface area contributed by atoms with Crippen molar-refractivity contribution < 1.29 is 0 Å². The summed E-state index contributed by atoms with van der Waals surface area (Å²) >= 11 is 0. The van der Waals surface area contributed by atoms with E-state index >= 15 is 0 Å². The maximum Gasteiger partial charge on any atom is 0.0531 e. The van der Waals surface area contributed by atoms with Gasteiger partial charge in [0, 0.05) is 11.4 Å². The minimum absolute atomic E-state index is 1.19. The molecule has 1 aromatic heterocycles. The Morgan fingerprint density at radius 1 is 0.500 bits per heavy atom. The predicted molar refractivity (Wildman–Crippen MR) is 101 cm³/mol. The Balaban J connectivity index is 1.76. The molecule has 24 heavy (non-hydrogen) atoms. The molecule has 0 aliphatic rings. The van der Waals surface area contributed by atoms with Gasteiger partial charge in [0.25, 0.3) is 0 Å². The lowest BCUT2D eigenvalue weighted by Gasteiger charge is -2.13. The number of hydrogen-bond acceptors (Lipinski definition) is 0. The third-order valence-electron chi connectivity index (χ3n) is 4.38. The molecule has 0 fully saturated rings. The Hall–Kier alpha value is -3.06. The zero-order chi connectivity index (χ0) is 16.4. The highest BCUT2D eigenvalue weighted by molar-refractivity contribution is 5.67. The summed E-state index contributed by atoms with van der Waals surface area (Å²) in [6.45, 7) is 2.15. The summed E-state index contributed by atoms with van der Waals surface area (Å²) in [7, 11) is 0. The van der Waals surface area contributed by atoms with Crippen molar-refractivity contribution in [3.63, 3.8) is 0 Å². The maximum absolute atomic E-state index is 2.31. The van der Waals surface area contributed by atoms with Gasteiger partial charge in [-0.3, -0.25) is 0 Å². The van der Waals surface area contributed by atoms with E-state index in [4.69, 9.17) is 0 Å². The third kappa shape index (κ3) is 2.65. The zero-order valence-corrected chi connectivity index (χ0v) is 13.7. The Morgan fingerprint density at radius 3 is 1.67 bits per heavy atom. The van der Waals surface area contributed by atoms with Crippen LogP contribution in [0.4, 0.5) is 0 Å². The van der Waals surface area contributed by atoms with Gasteiger partial charge in [0.1, 0.15) is 0 Å². The number of aromatic nitrogens is 1. The molecule has 0 saturated heterocycles. The van der Waals surface area contributed by atoms with Crippen LogP contribution in [0.3, 0.4) is 0 Å². The number of hydrogen-bond donors (Lipinski definition) is 0. The van der Waals surface area contributed by atoms with E-state index in [0.717, 1.165) is 0 Å². The first-order valence-corrected chi connectivity index (χ1v) is 8.22. The molecule has 0 aliphatic heterocycles. The van der Waals surface area contributed by atoms with E-state index < -0.39 is 0 Å². The fourth-order valence-corrected chi connectivity index (χ4v) is 3.15. The van der Waals surface area contributed by atoms with Crippen molar-refractivity contribution >= 4 is 0 Å². The molecule has 1 nitrogen and oxygen atoms in total. The van der Waals surface area contributed by atoms with Crippen LogP contribution in [0.15, 0.2) is 97.1 Å². The highest BCUT2D eigenvalue weighted by Gasteiger charge is 2.09. The van der Waals surface area contributed by atoms with E-state index in [1.807, 2.05) is 6.07 Å². The van der Waals surface area contributed by atoms with Crippen LogP contribution in [0.1, 0.15) is 5.69 Å². The van der Waals surface area contributed by atoms with Crippen molar-refractivity contribution in [2.24, 2.45) is 0 Å². The Labute approximate surface area is 142 Å². The van der Waals surface area contributed by atoms with Crippen LogP contribution < -0.4 is 0 Å². The van der Waals surface area contributed by atoms with Gasteiger partial charge in [-0.25, -0.2) is 0 Å². The van der Waals surface area contributed by atoms with Gasteiger partial charge in [-0.1, -0.05) is 72.8 Å². The van der Waals surface area contributed by atoms with Crippen LogP contribution in [0.25, 0.3) is 28.1 Å². The standard InChI is InChI=1S/C23H19N/c1-18-12-17-23(21-10-6-3-7-11-21)24(18)22-15-13-20(14-16-22)19-8-4-2-5-9-19/h2-17H,1H3. The molecule has 0 bridgehead atoms. The fraction of sp³-hybridized carbons (Fsp3) is 0.0435. The van der Waals surface area contributed by atoms with E-state index in [0.29, 0.717) is 0 Å². The molecular formula is C23H19N. The van der Waals surface area contributed by atoms with Crippen molar-refractivity contribution in [2.75, 3.05) is 0 Å². The lowest BCUT2D eigenvalue weighted by molar-refractivity contribution is 1.02. The molecule has 0 radical (unpaired) electrons. The first-order valence-electron chi connectivity index (χ1n) is 8.22. The number of benzene rings is 3. The molecule has 0 spiro atoms. The monoisotopic (exact) mass is 309 g/mol. The van der Waals surface area contributed by atoms with Crippen LogP contribution in [0, 0.1) is 6.92 Å². The topological polar surface area (TPSA) is 4.93 Å². The Bertz CT molecular complexity index is 933. The second kappa shape index (κ2) is 6.21. The molecule has 4 aromatic rings. The minimum Gasteiger partial charge on any atom is -0.314 e. The van der Waals surface area contributed by atoms with Crippen molar-refractivity contribution in [2.45, 2.75) is 6.92 Å². The summed E-state index contributed by atoms with van der Waals surface area (Å²) in [5.74, 6) is 0. The van der Waals surface area contributed by atoms with Gasteiger partial charge in [-0.2, -0.15) is 0 Å². The smallest absolute Gasteiger partial charge is 0.0531 e. The molecule has 1 heteroatoms. The lowest BCUT2D eigenvalue weighted by Crippen LogP contribution is -1.98. The third-order valence-corrected chi connectivity index (χ3v) is 4.38. The average Bonchev–Trinajstić information content (AvgIpc) is 3.05. The van der Waals surface area contributed by atoms with Gasteiger partial charge in [-0.05, 0) is 47.9 Å². The summed E-state index contributed by atoms with van der Waals surface area (Å²) in [6, 6.07) is 34.2. The van der Waals surface area contributed by atoms with Crippen molar-refractivity contribution in [3.8, 4) is 28.1 Å². The summed E-state index contributed by atoms with van der Waals surface area (Å²) in [5, 5.41) is 0. The molecule has 116 valence electrons. The number of aryl methyl sites for hydroxylation is 1. The van der Waals surface area contributed by atoms with Crippen molar-refractivity contribution in [3.05, 3.63) is 103 Å². The molecule has 4 rings (SSSR count). The van der Waals surface area contributed by atoms with Gasteiger partial charge in [-0.15, -0.1) is 0 Å². The van der Waals surface area contributed by atoms with E-state index in [-0.39, 0.29) is 0 Å². The second-order valence-corrected chi connectivity index (χ2v) is 5.97. The molecule has 0 aliphatic carbocycles. The fourth-order valence-electron chi connectivity index (χ4n) is 3.15. The number of nitrogens with zero attached hydrogens (tertiary/aromatic N) is 1. The second-order valence-electron chi connectivity index (χ2n) is 5.97. The van der Waals surface area contributed by atoms with Gasteiger partial charge < -0.3 is 4.57 Å². The predicted octanol–water partition coefficient (Wildman–Crippen LogP) is 6.12. The lowest BCUT2D eigenvalue weighted by atomic mass is 10.1. The summed E-state index contributed by atoms with van der Waals surface area (Å²) in [5.41, 5.74) is 7.37. The van der Waals surface area contributed by atoms with Gasteiger partial charge in [0.2, 0.25) is 0 Å². The maximum atomic E-state index is 2.31. The Kier molecular flexibility index (Phi) is 3.76. The molecule has 0 atom stereocenters. The van der Waals surface area contributed by atoms with E-state index in [1.165, 1.54) is 33.8 Å². The molecule has 1 heterocycles. The van der Waals surface area contributed by atoms with Gasteiger partial charge >= 0.3 is 0 Å². The van der Waals surface area contributed by atoms with Crippen LogP contribution in [0.2, 0.25) is 0 Å².